The summed E-state index contributed by atoms with van der Waals surface area (Å²) in [6, 6.07) is -0.373. The van der Waals surface area contributed by atoms with E-state index >= 15 is 0 Å². The van der Waals surface area contributed by atoms with E-state index < -0.39 is 0 Å². The predicted octanol–water partition coefficient (Wildman–Crippen LogP) is 0.799. The van der Waals surface area contributed by atoms with Crippen molar-refractivity contribution in [3.8, 4) is 0 Å². The molecule has 0 saturated carbocycles. The van der Waals surface area contributed by atoms with Crippen molar-refractivity contribution in [3.05, 3.63) is 0 Å². The van der Waals surface area contributed by atoms with Gasteiger partial charge in [-0.15, -0.1) is 0 Å². The van der Waals surface area contributed by atoms with Crippen LogP contribution in [0.1, 0.15) is 39.5 Å². The summed E-state index contributed by atoms with van der Waals surface area (Å²) in [5.74, 6) is -0.0450. The Bertz CT molecular complexity index is 213. The van der Waals surface area contributed by atoms with E-state index in [0.29, 0.717) is 6.61 Å². The van der Waals surface area contributed by atoms with Gasteiger partial charge < -0.3 is 15.8 Å². The third-order valence-corrected chi connectivity index (χ3v) is 2.85. The molecule has 0 bridgehead atoms. The molecule has 1 amide bonds. The summed E-state index contributed by atoms with van der Waals surface area (Å²) in [6.07, 6.45) is 3.71. The Morgan fingerprint density at radius 1 is 1.67 bits per heavy atom. The molecule has 88 valence electrons. The fraction of sp³-hybridized carbons (Fsp3) is 0.909. The molecule has 1 saturated heterocycles. The van der Waals surface area contributed by atoms with Crippen molar-refractivity contribution >= 4 is 5.91 Å². The monoisotopic (exact) mass is 214 g/mol. The van der Waals surface area contributed by atoms with E-state index in [9.17, 15) is 4.79 Å². The average molecular weight is 214 g/mol. The molecule has 0 spiro atoms. The quantitative estimate of drug-likeness (QED) is 0.711. The zero-order valence-electron chi connectivity index (χ0n) is 9.71. The van der Waals surface area contributed by atoms with E-state index in [1.54, 1.807) is 0 Å². The number of nitrogens with one attached hydrogen (secondary N) is 1. The van der Waals surface area contributed by atoms with Crippen molar-refractivity contribution in [2.75, 3.05) is 13.2 Å². The Hall–Kier alpha value is -0.610. The average Bonchev–Trinajstić information content (AvgIpc) is 2.61. The first-order chi connectivity index (χ1) is 7.07. The van der Waals surface area contributed by atoms with Gasteiger partial charge in [0, 0.05) is 6.61 Å². The Morgan fingerprint density at radius 3 is 2.93 bits per heavy atom. The molecule has 4 heteroatoms. The topological polar surface area (TPSA) is 64.4 Å². The number of hydrogen-bond acceptors (Lipinski definition) is 3. The summed E-state index contributed by atoms with van der Waals surface area (Å²) in [5, 5.41) is 2.97. The maximum Gasteiger partial charge on any atom is 0.237 e. The highest BCUT2D eigenvalue weighted by Gasteiger charge is 2.32. The summed E-state index contributed by atoms with van der Waals surface area (Å²) in [4.78, 5) is 11.7. The summed E-state index contributed by atoms with van der Waals surface area (Å²) >= 11 is 0. The SMILES string of the molecule is CCCC[C@H](N)C(=O)NC1(C)CCOC1. The fourth-order valence-corrected chi connectivity index (χ4v) is 1.71. The van der Waals surface area contributed by atoms with Crippen LogP contribution in [0.4, 0.5) is 0 Å². The third-order valence-electron chi connectivity index (χ3n) is 2.85. The van der Waals surface area contributed by atoms with Gasteiger partial charge in [0.15, 0.2) is 0 Å². The number of amides is 1. The van der Waals surface area contributed by atoms with E-state index in [2.05, 4.69) is 12.2 Å². The van der Waals surface area contributed by atoms with Gasteiger partial charge in [-0.3, -0.25) is 4.79 Å². The molecular weight excluding hydrogens is 192 g/mol. The van der Waals surface area contributed by atoms with Crippen LogP contribution in [0.25, 0.3) is 0 Å². The molecule has 3 N–H and O–H groups in total. The molecule has 1 aliphatic rings. The van der Waals surface area contributed by atoms with Gasteiger partial charge in [0.2, 0.25) is 5.91 Å². The van der Waals surface area contributed by atoms with Crippen molar-refractivity contribution in [1.29, 1.82) is 0 Å². The Balaban J connectivity index is 2.33. The second kappa shape index (κ2) is 5.47. The first-order valence-corrected chi connectivity index (χ1v) is 5.73. The van der Waals surface area contributed by atoms with Crippen molar-refractivity contribution in [1.82, 2.24) is 5.32 Å². The molecule has 4 nitrogen and oxygen atoms in total. The minimum atomic E-state index is -0.373. The molecular formula is C11H22N2O2. The minimum Gasteiger partial charge on any atom is -0.379 e. The standard InChI is InChI=1S/C11H22N2O2/c1-3-4-5-9(12)10(14)13-11(2)6-7-15-8-11/h9H,3-8,12H2,1-2H3,(H,13,14)/t9-,11?/m0/s1. The van der Waals surface area contributed by atoms with Gasteiger partial charge in [-0.05, 0) is 19.8 Å². The van der Waals surface area contributed by atoms with Crippen molar-refractivity contribution in [3.63, 3.8) is 0 Å². The highest BCUT2D eigenvalue weighted by Crippen LogP contribution is 2.17. The maximum atomic E-state index is 11.7. The number of hydrogen-bond donors (Lipinski definition) is 2. The maximum absolute atomic E-state index is 11.7. The zero-order valence-corrected chi connectivity index (χ0v) is 9.71. The molecule has 0 radical (unpaired) electrons. The van der Waals surface area contributed by atoms with Gasteiger partial charge in [-0.25, -0.2) is 0 Å². The van der Waals surface area contributed by atoms with Crippen LogP contribution in [0.3, 0.4) is 0 Å². The Labute approximate surface area is 91.5 Å². The van der Waals surface area contributed by atoms with Crippen LogP contribution < -0.4 is 11.1 Å². The molecule has 0 aromatic rings. The smallest absolute Gasteiger partial charge is 0.237 e. The third kappa shape index (κ3) is 3.80. The van der Waals surface area contributed by atoms with Crippen LogP contribution in [-0.4, -0.2) is 30.7 Å². The van der Waals surface area contributed by atoms with Gasteiger partial charge in [0.25, 0.3) is 0 Å². The second-order valence-corrected chi connectivity index (χ2v) is 4.60. The van der Waals surface area contributed by atoms with Crippen LogP contribution in [0, 0.1) is 0 Å². The zero-order chi connectivity index (χ0) is 11.3. The lowest BCUT2D eigenvalue weighted by molar-refractivity contribution is -0.124. The van der Waals surface area contributed by atoms with Gasteiger partial charge >= 0.3 is 0 Å². The number of ether oxygens (including phenoxy) is 1. The second-order valence-electron chi connectivity index (χ2n) is 4.60. The minimum absolute atomic E-state index is 0.0450. The largest absolute Gasteiger partial charge is 0.379 e. The summed E-state index contributed by atoms with van der Waals surface area (Å²) < 4.78 is 5.27. The van der Waals surface area contributed by atoms with Crippen molar-refractivity contribution in [2.45, 2.75) is 51.1 Å². The molecule has 0 aromatic carbocycles. The molecule has 0 aromatic heterocycles. The van der Waals surface area contributed by atoms with Crippen molar-refractivity contribution < 1.29 is 9.53 Å². The summed E-state index contributed by atoms with van der Waals surface area (Å²) in [5.41, 5.74) is 5.58. The first-order valence-electron chi connectivity index (χ1n) is 5.73. The highest BCUT2D eigenvalue weighted by molar-refractivity contribution is 5.82. The van der Waals surface area contributed by atoms with E-state index in [-0.39, 0.29) is 17.5 Å². The van der Waals surface area contributed by atoms with Crippen LogP contribution in [-0.2, 0) is 9.53 Å². The van der Waals surface area contributed by atoms with Gasteiger partial charge in [-0.1, -0.05) is 19.8 Å². The van der Waals surface area contributed by atoms with E-state index in [1.807, 2.05) is 6.92 Å². The summed E-state index contributed by atoms with van der Waals surface area (Å²) in [6.45, 7) is 5.42. The lowest BCUT2D eigenvalue weighted by Gasteiger charge is -2.25. The van der Waals surface area contributed by atoms with E-state index in [0.717, 1.165) is 32.3 Å². The van der Waals surface area contributed by atoms with Crippen LogP contribution in [0.5, 0.6) is 0 Å². The molecule has 1 heterocycles. The Kier molecular flexibility index (Phi) is 4.54. The normalized spacial score (nSPS) is 27.7. The molecule has 2 atom stereocenters. The number of carbonyl (C=O) groups excluding carboxylic acids is 1. The molecule has 1 rings (SSSR count). The van der Waals surface area contributed by atoms with Crippen molar-refractivity contribution in [2.24, 2.45) is 5.73 Å². The predicted molar refractivity (Wildman–Crippen MR) is 59.5 cm³/mol. The van der Waals surface area contributed by atoms with Gasteiger partial charge in [-0.2, -0.15) is 0 Å². The van der Waals surface area contributed by atoms with Crippen LogP contribution in [0.15, 0.2) is 0 Å². The van der Waals surface area contributed by atoms with E-state index in [1.165, 1.54) is 0 Å². The number of nitrogens with two attached hydrogens (primary N) is 1. The highest BCUT2D eigenvalue weighted by atomic mass is 16.5. The lowest BCUT2D eigenvalue weighted by Crippen LogP contribution is -2.52. The molecule has 1 unspecified atom stereocenters. The first kappa shape index (κ1) is 12.5. The molecule has 0 aliphatic carbocycles. The van der Waals surface area contributed by atoms with Gasteiger partial charge in [0.1, 0.15) is 0 Å². The fourth-order valence-electron chi connectivity index (χ4n) is 1.71. The number of unbranched alkanes of at least 4 members (excludes halogenated alkanes) is 1. The molecule has 15 heavy (non-hydrogen) atoms. The molecule has 1 fully saturated rings. The summed E-state index contributed by atoms with van der Waals surface area (Å²) in [7, 11) is 0. The Morgan fingerprint density at radius 2 is 2.40 bits per heavy atom. The lowest BCUT2D eigenvalue weighted by atomic mass is 10.0. The van der Waals surface area contributed by atoms with Crippen LogP contribution in [0.2, 0.25) is 0 Å². The van der Waals surface area contributed by atoms with Crippen LogP contribution >= 0.6 is 0 Å². The number of rotatable bonds is 5. The molecule has 1 aliphatic heterocycles. The van der Waals surface area contributed by atoms with Gasteiger partial charge in [0.05, 0.1) is 18.2 Å². The number of carbonyl (C=O) groups is 1. The van der Waals surface area contributed by atoms with E-state index in [4.69, 9.17) is 10.5 Å².